The van der Waals surface area contributed by atoms with Crippen LogP contribution in [0.5, 0.6) is 0 Å². The van der Waals surface area contributed by atoms with Crippen LogP contribution >= 0.6 is 0 Å². The number of dihydropyridines is 1. The molecule has 43 heavy (non-hydrogen) atoms. The second kappa shape index (κ2) is 13.3. The number of esters is 1. The first kappa shape index (κ1) is 30.0. The lowest BCUT2D eigenvalue weighted by Gasteiger charge is -2.43. The number of allylic oxidation sites excluding steroid dienone is 3. The minimum Gasteiger partial charge on any atom is -0.619 e. The van der Waals surface area contributed by atoms with Crippen LogP contribution in [0.2, 0.25) is 0 Å². The Morgan fingerprint density at radius 3 is 2.12 bits per heavy atom. The third kappa shape index (κ3) is 6.20. The van der Waals surface area contributed by atoms with E-state index in [-0.39, 0.29) is 5.41 Å². The van der Waals surface area contributed by atoms with Crippen LogP contribution in [0.3, 0.4) is 0 Å². The number of carbonyl (C=O) groups is 2. The van der Waals surface area contributed by atoms with Crippen molar-refractivity contribution >= 4 is 12.4 Å². The zero-order valence-electron chi connectivity index (χ0n) is 25.2. The molecule has 1 N–H and O–H groups in total. The molecule has 0 bridgehead atoms. The molecule has 2 aromatic carbocycles. The maximum atomic E-state index is 12.9. The van der Waals surface area contributed by atoms with E-state index in [2.05, 4.69) is 70.9 Å². The summed E-state index contributed by atoms with van der Waals surface area (Å²) in [5.74, 6) is -1.02. The van der Waals surface area contributed by atoms with Gasteiger partial charge in [0, 0.05) is 35.5 Å². The van der Waals surface area contributed by atoms with Gasteiger partial charge in [0.05, 0.1) is 24.3 Å². The predicted molar refractivity (Wildman–Crippen MR) is 165 cm³/mol. The van der Waals surface area contributed by atoms with Crippen molar-refractivity contribution in [3.05, 3.63) is 130 Å². The molecule has 8 nitrogen and oxygen atoms in total. The standard InChI is InChI=1S/C35H40N4O4/c1-26-31(34(41)43-3)32(28-15-21-39(42)22-16-28)33(27(2)36-26)38(25-40)20-10-19-37-23-17-35(18-24-37,29-11-6-4-7-12-29)30-13-8-5-9-14-30/h4-9,11-16,21-22,25,32,36H,10,17-20,23-24H2,1-3H3. The molecule has 1 fully saturated rings. The fraction of sp³-hybridized carbons (Fsp3) is 0.343. The van der Waals surface area contributed by atoms with Crippen LogP contribution < -0.4 is 10.0 Å². The fourth-order valence-corrected chi connectivity index (χ4v) is 6.80. The Morgan fingerprint density at radius 1 is 1.00 bits per heavy atom. The Hall–Kier alpha value is -4.43. The lowest BCUT2D eigenvalue weighted by Crippen LogP contribution is -2.44. The maximum Gasteiger partial charge on any atom is 0.336 e. The summed E-state index contributed by atoms with van der Waals surface area (Å²) in [6.07, 6.45) is 6.47. The number of pyridine rings is 1. The van der Waals surface area contributed by atoms with Crippen LogP contribution in [0.4, 0.5) is 0 Å². The van der Waals surface area contributed by atoms with Gasteiger partial charge in [-0.1, -0.05) is 60.7 Å². The molecule has 0 spiro atoms. The van der Waals surface area contributed by atoms with E-state index in [0.717, 1.165) is 56.6 Å². The largest absolute Gasteiger partial charge is 0.619 e. The van der Waals surface area contributed by atoms with Crippen molar-refractivity contribution in [2.75, 3.05) is 33.3 Å². The van der Waals surface area contributed by atoms with Crippen molar-refractivity contribution in [3.8, 4) is 0 Å². The van der Waals surface area contributed by atoms with Crippen LogP contribution in [0.1, 0.15) is 55.7 Å². The molecular formula is C35H40N4O4. The molecule has 0 radical (unpaired) electrons. The molecule has 0 saturated carbocycles. The minimum absolute atomic E-state index is 0.0107. The lowest BCUT2D eigenvalue weighted by molar-refractivity contribution is -0.605. The molecule has 2 aliphatic heterocycles. The van der Waals surface area contributed by atoms with Crippen LogP contribution in [0.25, 0.3) is 0 Å². The average Bonchev–Trinajstić information content (AvgIpc) is 3.04. The van der Waals surface area contributed by atoms with Gasteiger partial charge in [0.2, 0.25) is 6.41 Å². The van der Waals surface area contributed by atoms with E-state index < -0.39 is 11.9 Å². The summed E-state index contributed by atoms with van der Waals surface area (Å²) >= 11 is 0. The number of nitrogens with zero attached hydrogens (tertiary/aromatic N) is 3. The van der Waals surface area contributed by atoms with Crippen molar-refractivity contribution in [1.29, 1.82) is 0 Å². The number of hydrogen-bond acceptors (Lipinski definition) is 6. The molecule has 1 amide bonds. The van der Waals surface area contributed by atoms with Gasteiger partial charge in [-0.3, -0.25) is 4.79 Å². The normalized spacial score (nSPS) is 18.6. The smallest absolute Gasteiger partial charge is 0.336 e. The van der Waals surface area contributed by atoms with Gasteiger partial charge < -0.3 is 25.1 Å². The van der Waals surface area contributed by atoms with Crippen molar-refractivity contribution in [3.63, 3.8) is 0 Å². The zero-order valence-corrected chi connectivity index (χ0v) is 25.2. The van der Waals surface area contributed by atoms with Crippen LogP contribution in [0.15, 0.2) is 108 Å². The molecule has 2 aliphatic rings. The highest BCUT2D eigenvalue weighted by atomic mass is 16.5. The Morgan fingerprint density at radius 2 is 1.58 bits per heavy atom. The predicted octanol–water partition coefficient (Wildman–Crippen LogP) is 4.62. The van der Waals surface area contributed by atoms with Gasteiger partial charge in [0.1, 0.15) is 0 Å². The number of methoxy groups -OCH3 is 1. The van der Waals surface area contributed by atoms with E-state index in [9.17, 15) is 14.8 Å². The van der Waals surface area contributed by atoms with Crippen LogP contribution in [-0.4, -0.2) is 55.5 Å². The average molecular weight is 581 g/mol. The zero-order chi connectivity index (χ0) is 30.4. The molecular weight excluding hydrogens is 540 g/mol. The van der Waals surface area contributed by atoms with Crippen molar-refractivity contribution < 1.29 is 19.1 Å². The summed E-state index contributed by atoms with van der Waals surface area (Å²) in [6, 6.07) is 25.0. The number of likely N-dealkylation sites (tertiary alicyclic amines) is 1. The first-order valence-electron chi connectivity index (χ1n) is 14.9. The van der Waals surface area contributed by atoms with E-state index >= 15 is 0 Å². The number of benzene rings is 2. The van der Waals surface area contributed by atoms with Gasteiger partial charge in [-0.2, -0.15) is 4.73 Å². The molecule has 8 heteroatoms. The number of piperidine rings is 1. The van der Waals surface area contributed by atoms with Crippen LogP contribution in [-0.2, 0) is 19.7 Å². The number of carbonyl (C=O) groups excluding carboxylic acids is 2. The SMILES string of the molecule is COC(=O)C1=C(C)NC(C)=C(N(C=O)CCCN2CCC(c3ccccc3)(c3ccccc3)CC2)C1c1cc[n+]([O-])cc1. The Bertz CT molecular complexity index is 1440. The lowest BCUT2D eigenvalue weighted by atomic mass is 9.68. The van der Waals surface area contributed by atoms with Crippen molar-refractivity contribution in [2.24, 2.45) is 0 Å². The molecule has 0 aliphatic carbocycles. The van der Waals surface area contributed by atoms with Crippen molar-refractivity contribution in [1.82, 2.24) is 15.1 Å². The fourth-order valence-electron chi connectivity index (χ4n) is 6.80. The quantitative estimate of drug-likeness (QED) is 0.163. The Balaban J connectivity index is 1.30. The molecule has 1 saturated heterocycles. The Kier molecular flexibility index (Phi) is 9.26. The summed E-state index contributed by atoms with van der Waals surface area (Å²) in [4.78, 5) is 29.7. The number of hydrogen-bond donors (Lipinski definition) is 1. The first-order chi connectivity index (χ1) is 20.9. The first-order valence-corrected chi connectivity index (χ1v) is 14.9. The van der Waals surface area contributed by atoms with Crippen molar-refractivity contribution in [2.45, 2.75) is 44.4 Å². The van der Waals surface area contributed by atoms with E-state index in [1.807, 2.05) is 13.8 Å². The van der Waals surface area contributed by atoms with Gasteiger partial charge in [-0.25, -0.2) is 4.79 Å². The molecule has 5 rings (SSSR count). The second-order valence-corrected chi connectivity index (χ2v) is 11.4. The highest BCUT2D eigenvalue weighted by Gasteiger charge is 2.39. The van der Waals surface area contributed by atoms with E-state index in [4.69, 9.17) is 4.74 Å². The van der Waals surface area contributed by atoms with Gasteiger partial charge in [-0.15, -0.1) is 0 Å². The summed E-state index contributed by atoms with van der Waals surface area (Å²) in [7, 11) is 1.35. The summed E-state index contributed by atoms with van der Waals surface area (Å²) in [5, 5.41) is 15.1. The number of amides is 1. The summed E-state index contributed by atoms with van der Waals surface area (Å²) in [6.45, 7) is 7.01. The molecule has 224 valence electrons. The molecule has 1 atom stereocenters. The van der Waals surface area contributed by atoms with E-state index in [1.54, 1.807) is 17.0 Å². The summed E-state index contributed by atoms with van der Waals surface area (Å²) in [5.41, 5.74) is 6.01. The Labute approximate surface area is 253 Å². The third-order valence-electron chi connectivity index (χ3n) is 8.96. The molecule has 3 heterocycles. The number of nitrogens with one attached hydrogen (secondary N) is 1. The number of aromatic nitrogens is 1. The summed E-state index contributed by atoms with van der Waals surface area (Å²) < 4.78 is 5.84. The van der Waals surface area contributed by atoms with Gasteiger partial charge >= 0.3 is 5.97 Å². The van der Waals surface area contributed by atoms with Gasteiger partial charge in [0.25, 0.3) is 0 Å². The molecule has 3 aromatic rings. The third-order valence-corrected chi connectivity index (χ3v) is 8.96. The highest BCUT2D eigenvalue weighted by Crippen LogP contribution is 2.42. The maximum absolute atomic E-state index is 12.9. The van der Waals surface area contributed by atoms with E-state index in [1.165, 1.54) is 30.6 Å². The number of rotatable bonds is 10. The van der Waals surface area contributed by atoms with E-state index in [0.29, 0.717) is 28.2 Å². The van der Waals surface area contributed by atoms with Gasteiger partial charge in [-0.05, 0) is 69.4 Å². The highest BCUT2D eigenvalue weighted by molar-refractivity contribution is 5.92. The topological polar surface area (TPSA) is 88.8 Å². The number of ether oxygens (including phenoxy) is 1. The molecule has 1 unspecified atom stereocenters. The molecule has 1 aromatic heterocycles. The van der Waals surface area contributed by atoms with Crippen LogP contribution in [0, 0.1) is 5.21 Å². The monoisotopic (exact) mass is 580 g/mol. The second-order valence-electron chi connectivity index (χ2n) is 11.4. The minimum atomic E-state index is -0.549. The van der Waals surface area contributed by atoms with Gasteiger partial charge in [0.15, 0.2) is 12.4 Å².